The maximum Gasteiger partial charge on any atom is 0.264 e. The molecule has 0 spiro atoms. The Morgan fingerprint density at radius 3 is 2.20 bits per heavy atom. The van der Waals surface area contributed by atoms with Crippen molar-refractivity contribution in [2.45, 2.75) is 46.1 Å². The van der Waals surface area contributed by atoms with Crippen molar-refractivity contribution in [3.8, 4) is 0 Å². The summed E-state index contributed by atoms with van der Waals surface area (Å²) < 4.78 is 30.2. The molecule has 0 saturated heterocycles. The molecule has 90 valence electrons. The molecule has 5 heteroatoms. The predicted octanol–water partition coefficient (Wildman–Crippen LogP) is 1.45. The van der Waals surface area contributed by atoms with E-state index < -0.39 is 10.1 Å². The zero-order chi connectivity index (χ0) is 11.9. The molecule has 0 aromatic heterocycles. The van der Waals surface area contributed by atoms with Crippen molar-refractivity contribution < 1.29 is 18.1 Å². The molecule has 1 saturated carbocycles. The first-order valence-electron chi connectivity index (χ1n) is 5.22. The maximum absolute atomic E-state index is 10.7. The Hall–Kier alpha value is -0.130. The minimum Gasteiger partial charge on any atom is -0.393 e. The van der Waals surface area contributed by atoms with E-state index in [1.807, 2.05) is 20.8 Å². The number of hydrogen-bond acceptors (Lipinski definition) is 3. The van der Waals surface area contributed by atoms with E-state index in [0.29, 0.717) is 12.8 Å². The lowest BCUT2D eigenvalue weighted by atomic mass is 9.67. The van der Waals surface area contributed by atoms with Crippen LogP contribution in [0.4, 0.5) is 0 Å². The largest absolute Gasteiger partial charge is 0.393 e. The van der Waals surface area contributed by atoms with Gasteiger partial charge in [-0.05, 0) is 30.1 Å². The second-order valence-electron chi connectivity index (χ2n) is 5.37. The standard InChI is InChI=1S/C10H20O4S/c1-9(2)8(11)4-5-10(9,3)6-7-15(12,13)14/h8,11H,4-7H2,1-3H3,(H,12,13,14)/t8-,10+/m0/s1. The van der Waals surface area contributed by atoms with Gasteiger partial charge >= 0.3 is 0 Å². The quantitative estimate of drug-likeness (QED) is 0.727. The van der Waals surface area contributed by atoms with Crippen molar-refractivity contribution in [1.29, 1.82) is 0 Å². The number of aliphatic hydroxyl groups excluding tert-OH is 1. The van der Waals surface area contributed by atoms with Crippen LogP contribution in [-0.4, -0.2) is 29.9 Å². The molecule has 0 bridgehead atoms. The van der Waals surface area contributed by atoms with Gasteiger partial charge in [0.2, 0.25) is 0 Å². The van der Waals surface area contributed by atoms with E-state index in [4.69, 9.17) is 4.55 Å². The van der Waals surface area contributed by atoms with Crippen LogP contribution in [-0.2, 0) is 10.1 Å². The summed E-state index contributed by atoms with van der Waals surface area (Å²) in [5.74, 6) is -0.223. The van der Waals surface area contributed by atoms with Crippen molar-refractivity contribution in [3.05, 3.63) is 0 Å². The molecule has 4 nitrogen and oxygen atoms in total. The highest BCUT2D eigenvalue weighted by atomic mass is 32.2. The summed E-state index contributed by atoms with van der Waals surface area (Å²) >= 11 is 0. The molecule has 0 radical (unpaired) electrons. The molecule has 1 aliphatic carbocycles. The van der Waals surface area contributed by atoms with Gasteiger partial charge in [-0.25, -0.2) is 0 Å². The number of aliphatic hydroxyl groups is 1. The highest BCUT2D eigenvalue weighted by Gasteiger charge is 2.50. The molecule has 15 heavy (non-hydrogen) atoms. The Morgan fingerprint density at radius 2 is 1.87 bits per heavy atom. The maximum atomic E-state index is 10.7. The summed E-state index contributed by atoms with van der Waals surface area (Å²) in [5.41, 5.74) is -0.514. The first-order valence-corrected chi connectivity index (χ1v) is 6.83. The highest BCUT2D eigenvalue weighted by Crippen LogP contribution is 2.54. The third kappa shape index (κ3) is 2.52. The third-order valence-electron chi connectivity index (χ3n) is 4.27. The van der Waals surface area contributed by atoms with E-state index >= 15 is 0 Å². The lowest BCUT2D eigenvalue weighted by Crippen LogP contribution is -2.38. The summed E-state index contributed by atoms with van der Waals surface area (Å²) in [6.45, 7) is 5.89. The van der Waals surface area contributed by atoms with Gasteiger partial charge in [-0.1, -0.05) is 20.8 Å². The van der Waals surface area contributed by atoms with Gasteiger partial charge in [0.25, 0.3) is 10.1 Å². The van der Waals surface area contributed by atoms with Gasteiger partial charge in [0.05, 0.1) is 11.9 Å². The van der Waals surface area contributed by atoms with Gasteiger partial charge in [-0.3, -0.25) is 4.55 Å². The molecule has 0 aliphatic heterocycles. The molecule has 0 amide bonds. The van der Waals surface area contributed by atoms with Crippen molar-refractivity contribution >= 4 is 10.1 Å². The lowest BCUT2D eigenvalue weighted by molar-refractivity contribution is 0.0104. The summed E-state index contributed by atoms with van der Waals surface area (Å²) in [6.07, 6.45) is 1.52. The Bertz CT molecular complexity index is 333. The van der Waals surface area contributed by atoms with Crippen LogP contribution in [0.25, 0.3) is 0 Å². The second kappa shape index (κ2) is 3.71. The molecule has 0 unspecified atom stereocenters. The SMILES string of the molecule is CC1(C)[C@@H](O)CC[C@]1(C)CCS(=O)(=O)O. The van der Waals surface area contributed by atoms with E-state index in [9.17, 15) is 13.5 Å². The van der Waals surface area contributed by atoms with Crippen molar-refractivity contribution in [3.63, 3.8) is 0 Å². The van der Waals surface area contributed by atoms with E-state index in [-0.39, 0.29) is 22.7 Å². The topological polar surface area (TPSA) is 74.6 Å². The molecule has 1 rings (SSSR count). The molecular weight excluding hydrogens is 216 g/mol. The van der Waals surface area contributed by atoms with Crippen LogP contribution in [0.2, 0.25) is 0 Å². The van der Waals surface area contributed by atoms with Crippen LogP contribution in [0, 0.1) is 10.8 Å². The highest BCUT2D eigenvalue weighted by molar-refractivity contribution is 7.85. The summed E-state index contributed by atoms with van der Waals surface area (Å²) in [6, 6.07) is 0. The Balaban J connectivity index is 2.76. The van der Waals surface area contributed by atoms with E-state index in [2.05, 4.69) is 0 Å². The molecule has 0 aromatic rings. The minimum atomic E-state index is -3.90. The molecule has 2 atom stereocenters. The zero-order valence-corrected chi connectivity index (χ0v) is 10.3. The monoisotopic (exact) mass is 236 g/mol. The molecule has 1 fully saturated rings. The van der Waals surface area contributed by atoms with Crippen LogP contribution in [0.3, 0.4) is 0 Å². The molecule has 1 aliphatic rings. The van der Waals surface area contributed by atoms with Gasteiger partial charge in [0.1, 0.15) is 0 Å². The number of rotatable bonds is 3. The average molecular weight is 236 g/mol. The first kappa shape index (κ1) is 12.9. The van der Waals surface area contributed by atoms with Crippen LogP contribution < -0.4 is 0 Å². The Labute approximate surface area is 91.4 Å². The van der Waals surface area contributed by atoms with Crippen molar-refractivity contribution in [2.24, 2.45) is 10.8 Å². The second-order valence-corrected chi connectivity index (χ2v) is 6.94. The summed E-state index contributed by atoms with van der Waals surface area (Å²) in [5, 5.41) is 9.81. The fourth-order valence-electron chi connectivity index (χ4n) is 2.34. The van der Waals surface area contributed by atoms with Crippen LogP contribution in [0.15, 0.2) is 0 Å². The molecule has 0 heterocycles. The minimum absolute atomic E-state index is 0.220. The third-order valence-corrected chi connectivity index (χ3v) is 4.99. The molecule has 2 N–H and O–H groups in total. The Morgan fingerprint density at radius 1 is 1.33 bits per heavy atom. The fourth-order valence-corrected chi connectivity index (χ4v) is 3.05. The van der Waals surface area contributed by atoms with Gasteiger partial charge in [-0.2, -0.15) is 8.42 Å². The Kier molecular flexibility index (Phi) is 3.20. The first-order chi connectivity index (χ1) is 6.58. The van der Waals surface area contributed by atoms with E-state index in [1.165, 1.54) is 0 Å². The van der Waals surface area contributed by atoms with Gasteiger partial charge in [0.15, 0.2) is 0 Å². The van der Waals surface area contributed by atoms with Crippen LogP contribution in [0.5, 0.6) is 0 Å². The summed E-state index contributed by atoms with van der Waals surface area (Å²) in [7, 11) is -3.90. The van der Waals surface area contributed by atoms with Gasteiger partial charge < -0.3 is 5.11 Å². The number of hydrogen-bond donors (Lipinski definition) is 2. The van der Waals surface area contributed by atoms with Crippen molar-refractivity contribution in [1.82, 2.24) is 0 Å². The predicted molar refractivity (Wildman–Crippen MR) is 58.2 cm³/mol. The summed E-state index contributed by atoms with van der Waals surface area (Å²) in [4.78, 5) is 0. The van der Waals surface area contributed by atoms with Crippen LogP contribution in [0.1, 0.15) is 40.0 Å². The van der Waals surface area contributed by atoms with E-state index in [0.717, 1.165) is 6.42 Å². The van der Waals surface area contributed by atoms with Crippen LogP contribution >= 0.6 is 0 Å². The van der Waals surface area contributed by atoms with Gasteiger partial charge in [-0.15, -0.1) is 0 Å². The van der Waals surface area contributed by atoms with Gasteiger partial charge in [0, 0.05) is 0 Å². The normalized spacial score (nSPS) is 35.7. The van der Waals surface area contributed by atoms with E-state index in [1.54, 1.807) is 0 Å². The fraction of sp³-hybridized carbons (Fsp3) is 1.00. The molecule has 0 aromatic carbocycles. The molecular formula is C10H20O4S. The smallest absolute Gasteiger partial charge is 0.264 e. The zero-order valence-electron chi connectivity index (χ0n) is 9.52. The lowest BCUT2D eigenvalue weighted by Gasteiger charge is -2.40. The average Bonchev–Trinajstić information content (AvgIpc) is 2.26. The van der Waals surface area contributed by atoms with Crippen molar-refractivity contribution in [2.75, 3.05) is 5.75 Å².